The van der Waals surface area contributed by atoms with Gasteiger partial charge in [-0.15, -0.1) is 0 Å². The predicted octanol–water partition coefficient (Wildman–Crippen LogP) is 2.25. The van der Waals surface area contributed by atoms with Crippen LogP contribution in [0, 0.1) is 5.92 Å². The van der Waals surface area contributed by atoms with Crippen molar-refractivity contribution in [2.24, 2.45) is 5.92 Å². The summed E-state index contributed by atoms with van der Waals surface area (Å²) in [4.78, 5) is 2.36. The molecule has 1 nitrogen and oxygen atoms in total. The van der Waals surface area contributed by atoms with Gasteiger partial charge in [0.15, 0.2) is 0 Å². The van der Waals surface area contributed by atoms with E-state index in [0.29, 0.717) is 5.54 Å². The van der Waals surface area contributed by atoms with Crippen LogP contribution in [0.1, 0.15) is 27.7 Å². The highest BCUT2D eigenvalue weighted by Gasteiger charge is 2.42. The van der Waals surface area contributed by atoms with Crippen molar-refractivity contribution in [3.8, 4) is 0 Å². The van der Waals surface area contributed by atoms with Crippen molar-refractivity contribution in [3.63, 3.8) is 0 Å². The molecule has 0 bridgehead atoms. The first-order valence-corrected chi connectivity index (χ1v) is 3.89. The zero-order chi connectivity index (χ0) is 7.94. The lowest BCUT2D eigenvalue weighted by Crippen LogP contribution is -2.61. The lowest BCUT2D eigenvalue weighted by Gasteiger charge is -2.56. The third kappa shape index (κ3) is 0.845. The molecule has 10 heavy (non-hydrogen) atoms. The van der Waals surface area contributed by atoms with Gasteiger partial charge in [0.05, 0.1) is 0 Å². The first kappa shape index (κ1) is 7.64. The van der Waals surface area contributed by atoms with Crippen LogP contribution < -0.4 is 0 Å². The first-order valence-electron chi connectivity index (χ1n) is 3.89. The van der Waals surface area contributed by atoms with Gasteiger partial charge in [-0.1, -0.05) is 13.5 Å². The van der Waals surface area contributed by atoms with Gasteiger partial charge in [-0.25, -0.2) is 0 Å². The molecule has 0 saturated carbocycles. The van der Waals surface area contributed by atoms with Gasteiger partial charge in [0.2, 0.25) is 0 Å². The van der Waals surface area contributed by atoms with Crippen LogP contribution in [-0.2, 0) is 0 Å². The van der Waals surface area contributed by atoms with Crippen LogP contribution in [0.4, 0.5) is 0 Å². The maximum absolute atomic E-state index is 3.93. The van der Waals surface area contributed by atoms with Crippen molar-refractivity contribution in [3.05, 3.63) is 12.3 Å². The molecule has 0 aromatic rings. The Morgan fingerprint density at radius 3 is 2.20 bits per heavy atom. The number of rotatable bonds is 1. The Bertz CT molecular complexity index is 158. The highest BCUT2D eigenvalue weighted by Crippen LogP contribution is 2.37. The van der Waals surface area contributed by atoms with Gasteiger partial charge in [-0.2, -0.15) is 0 Å². The lowest BCUT2D eigenvalue weighted by atomic mass is 9.78. The molecular weight excluding hydrogens is 122 g/mol. The van der Waals surface area contributed by atoms with E-state index < -0.39 is 0 Å². The van der Waals surface area contributed by atoms with E-state index >= 15 is 0 Å². The van der Waals surface area contributed by atoms with Gasteiger partial charge < -0.3 is 4.90 Å². The van der Waals surface area contributed by atoms with Gasteiger partial charge in [0.1, 0.15) is 0 Å². The van der Waals surface area contributed by atoms with E-state index in [9.17, 15) is 0 Å². The molecule has 0 radical (unpaired) electrons. The second-order valence-electron chi connectivity index (χ2n) is 3.90. The van der Waals surface area contributed by atoms with Crippen molar-refractivity contribution < 1.29 is 0 Å². The van der Waals surface area contributed by atoms with Crippen molar-refractivity contribution in [2.45, 2.75) is 33.2 Å². The number of likely N-dealkylation sites (tertiary alicyclic amines) is 1. The minimum Gasteiger partial charge on any atom is -0.370 e. The largest absolute Gasteiger partial charge is 0.370 e. The summed E-state index contributed by atoms with van der Waals surface area (Å²) >= 11 is 0. The number of nitrogens with zero attached hydrogens (tertiary/aromatic N) is 1. The minimum atomic E-state index is 0.353. The van der Waals surface area contributed by atoms with Crippen molar-refractivity contribution in [1.82, 2.24) is 4.90 Å². The van der Waals surface area contributed by atoms with Crippen molar-refractivity contribution in [1.29, 1.82) is 0 Å². The average Bonchev–Trinajstić information content (AvgIpc) is 1.82. The minimum absolute atomic E-state index is 0.353. The fourth-order valence-corrected chi connectivity index (χ4v) is 1.53. The van der Waals surface area contributed by atoms with Gasteiger partial charge >= 0.3 is 0 Å². The Hall–Kier alpha value is -0.460. The summed E-state index contributed by atoms with van der Waals surface area (Å²) in [6.45, 7) is 14.0. The quantitative estimate of drug-likeness (QED) is 0.538. The zero-order valence-electron chi connectivity index (χ0n) is 7.44. The van der Waals surface area contributed by atoms with Crippen molar-refractivity contribution in [2.75, 3.05) is 6.54 Å². The van der Waals surface area contributed by atoms with Gasteiger partial charge in [0.25, 0.3) is 0 Å². The van der Waals surface area contributed by atoms with E-state index in [-0.39, 0.29) is 0 Å². The smallest absolute Gasteiger partial charge is 0.0385 e. The summed E-state index contributed by atoms with van der Waals surface area (Å²) in [6.07, 6.45) is 0. The van der Waals surface area contributed by atoms with Crippen LogP contribution in [0.2, 0.25) is 0 Å². The Kier molecular flexibility index (Phi) is 1.54. The molecular formula is C9H17N. The maximum Gasteiger partial charge on any atom is 0.0385 e. The monoisotopic (exact) mass is 139 g/mol. The number of allylic oxidation sites excluding steroid dienone is 1. The van der Waals surface area contributed by atoms with Crippen LogP contribution in [0.25, 0.3) is 0 Å². The molecule has 0 spiro atoms. The molecule has 1 saturated heterocycles. The second kappa shape index (κ2) is 2.01. The molecule has 1 atom stereocenters. The number of hydrogen-bond acceptors (Lipinski definition) is 1. The summed E-state index contributed by atoms with van der Waals surface area (Å²) in [5, 5.41) is 0. The van der Waals surface area contributed by atoms with Crippen LogP contribution in [0.15, 0.2) is 12.3 Å². The molecule has 1 heteroatoms. The molecule has 1 aliphatic heterocycles. The molecule has 0 aromatic carbocycles. The van der Waals surface area contributed by atoms with Crippen LogP contribution in [-0.4, -0.2) is 17.0 Å². The highest BCUT2D eigenvalue weighted by atomic mass is 15.3. The first-order chi connectivity index (χ1) is 4.46. The topological polar surface area (TPSA) is 3.24 Å². The molecule has 1 unspecified atom stereocenters. The summed E-state index contributed by atoms with van der Waals surface area (Å²) in [5.41, 5.74) is 1.55. The fourth-order valence-electron chi connectivity index (χ4n) is 1.53. The van der Waals surface area contributed by atoms with Gasteiger partial charge in [-0.3, -0.25) is 0 Å². The Morgan fingerprint density at radius 1 is 1.60 bits per heavy atom. The number of hydrogen-bond donors (Lipinski definition) is 0. The molecule has 0 amide bonds. The van der Waals surface area contributed by atoms with Crippen molar-refractivity contribution >= 4 is 0 Å². The third-order valence-corrected chi connectivity index (χ3v) is 2.82. The molecule has 58 valence electrons. The molecule has 0 aliphatic carbocycles. The van der Waals surface area contributed by atoms with Crippen LogP contribution in [0.5, 0.6) is 0 Å². The summed E-state index contributed by atoms with van der Waals surface area (Å²) in [6, 6.07) is 0. The van der Waals surface area contributed by atoms with E-state index in [4.69, 9.17) is 0 Å². The standard InChI is InChI=1S/C9H17N/c1-7(2)10-6-8(3)9(10,4)5/h8H,1,6H2,2-5H3. The average molecular weight is 139 g/mol. The van der Waals surface area contributed by atoms with E-state index in [1.54, 1.807) is 0 Å². The van der Waals surface area contributed by atoms with E-state index in [2.05, 4.69) is 39.2 Å². The Balaban J connectivity index is 2.63. The fraction of sp³-hybridized carbons (Fsp3) is 0.778. The van der Waals surface area contributed by atoms with Gasteiger partial charge in [-0.05, 0) is 26.7 Å². The van der Waals surface area contributed by atoms with E-state index in [0.717, 1.165) is 5.92 Å². The maximum atomic E-state index is 3.93. The molecule has 1 heterocycles. The Morgan fingerprint density at radius 2 is 2.10 bits per heavy atom. The van der Waals surface area contributed by atoms with E-state index in [1.165, 1.54) is 12.2 Å². The molecule has 0 aromatic heterocycles. The highest BCUT2D eigenvalue weighted by molar-refractivity contribution is 5.08. The SMILES string of the molecule is C=C(C)N1CC(C)C1(C)C. The lowest BCUT2D eigenvalue weighted by molar-refractivity contribution is -0.0143. The predicted molar refractivity (Wildman–Crippen MR) is 44.8 cm³/mol. The molecule has 0 N–H and O–H groups in total. The zero-order valence-corrected chi connectivity index (χ0v) is 7.44. The molecule has 1 aliphatic rings. The Labute approximate surface area is 63.7 Å². The summed E-state index contributed by atoms with van der Waals surface area (Å²) in [7, 11) is 0. The van der Waals surface area contributed by atoms with Gasteiger partial charge in [0, 0.05) is 17.8 Å². The third-order valence-electron chi connectivity index (χ3n) is 2.82. The second-order valence-corrected chi connectivity index (χ2v) is 3.90. The van der Waals surface area contributed by atoms with E-state index in [1.807, 2.05) is 0 Å². The molecule has 1 rings (SSSR count). The van der Waals surface area contributed by atoms with Crippen LogP contribution in [0.3, 0.4) is 0 Å². The summed E-state index contributed by atoms with van der Waals surface area (Å²) < 4.78 is 0. The van der Waals surface area contributed by atoms with Crippen LogP contribution >= 0.6 is 0 Å². The molecule has 1 fully saturated rings. The summed E-state index contributed by atoms with van der Waals surface area (Å²) in [5.74, 6) is 0.809. The normalized spacial score (nSPS) is 29.6.